The largest absolute Gasteiger partial charge is 0.399 e. The fraction of sp³-hybridized carbons (Fsp3) is 0.338. The lowest BCUT2D eigenvalue weighted by atomic mass is 10.1. The second-order valence-corrected chi connectivity index (χ2v) is 19.6. The molecule has 0 radical (unpaired) electrons. The molecule has 10 N–H and O–H groups in total. The fourth-order valence-corrected chi connectivity index (χ4v) is 7.36. The van der Waals surface area contributed by atoms with E-state index in [2.05, 4.69) is 73.2 Å². The Bertz CT molecular complexity index is 3090. The molecule has 0 saturated carbocycles. The number of hydroxylamine groups is 2. The van der Waals surface area contributed by atoms with Crippen LogP contribution in [0.1, 0.15) is 105 Å². The second-order valence-electron chi connectivity index (χ2n) is 19.4. The van der Waals surface area contributed by atoms with Crippen molar-refractivity contribution in [3.8, 4) is 61.7 Å². The Morgan fingerprint density at radius 3 is 1.07 bits per heavy atom. The van der Waals surface area contributed by atoms with Crippen molar-refractivity contribution in [2.24, 2.45) is 5.90 Å². The minimum Gasteiger partial charge on any atom is -0.399 e. The number of aliphatic hydroxyl groups excluding tert-OH is 2. The monoisotopic (exact) mass is 1280 g/mol. The van der Waals surface area contributed by atoms with Gasteiger partial charge in [0.2, 0.25) is 23.6 Å². The average Bonchev–Trinajstić information content (AvgIpc) is 2.24. The molecule has 488 valence electrons. The summed E-state index contributed by atoms with van der Waals surface area (Å²) in [6.07, 6.45) is 32.8. The van der Waals surface area contributed by atoms with Gasteiger partial charge in [-0.2, -0.15) is 12.6 Å². The molecule has 6 rings (SSSR count). The first-order valence-corrected chi connectivity index (χ1v) is 30.0. The molecule has 0 unspecified atom stereocenters. The Hall–Kier alpha value is -9.70. The number of nitrogens with two attached hydrogens (primary N) is 2. The number of hydrogen-bond donors (Lipinski definition) is 9. The number of ether oxygens (including phenoxy) is 2. The van der Waals surface area contributed by atoms with E-state index in [9.17, 15) is 33.6 Å². The number of aliphatic hydroxyl groups is 2. The average molecular weight is 1280 g/mol. The van der Waals surface area contributed by atoms with Crippen LogP contribution >= 0.6 is 12.6 Å². The van der Waals surface area contributed by atoms with Crippen LogP contribution in [0.5, 0.6) is 0 Å². The Morgan fingerprint density at radius 1 is 0.478 bits per heavy atom. The maximum atomic E-state index is 11.4. The molecule has 6 amide bonds. The molecule has 0 atom stereocenters. The molecule has 1 fully saturated rings. The number of anilines is 5. The number of thiol groups is 1. The third kappa shape index (κ3) is 40.0. The van der Waals surface area contributed by atoms with Gasteiger partial charge in [-0.1, -0.05) is 60.7 Å². The van der Waals surface area contributed by atoms with Gasteiger partial charge in [0, 0.05) is 119 Å². The van der Waals surface area contributed by atoms with Crippen molar-refractivity contribution in [3.63, 3.8) is 0 Å². The van der Waals surface area contributed by atoms with Gasteiger partial charge >= 0.3 is 5.97 Å². The number of rotatable bonds is 29. The van der Waals surface area contributed by atoms with E-state index in [0.29, 0.717) is 95.0 Å². The predicted molar refractivity (Wildman–Crippen MR) is 363 cm³/mol. The standard InChI is InChI=1S/C14H17NO2S.C14H17NO2.C13H16N2O2.C13H15NO2.C9H9NO4.C8H11NO/c1-2-3-4-14(16)15-13-7-5-12(6-8-13)9-10-17-11-18;1-3-4-5-14(16)15-13-8-6-12(7-9-13)10-11-17-2;1-2-3-4-13(16)15-12-7-5-11(6-8-12)9-10-17-14;1-2-3-4-13(16)14-12-7-5-11(6-8-12)9-10-15;1-2-3-4-9(13)14-10-7(11)5-6-8(10)12;9-8-3-1-7(2-4-8)5-6-10/h1,5-8,18H,3-4,9-11H2,(H,15,16);1,6-9H,4-5,10-11H2,2H3,(H,15,16);1,5-8H,3-4,9-10,14H2,(H,15,16);1,5-8,15H,3-4,9-10H2,(H,14,16);1H,3-6H2;1-4,10H,5-6,9H2. The molecule has 20 nitrogen and oxygen atoms in total. The quantitative estimate of drug-likeness (QED) is 0.00412. The summed E-state index contributed by atoms with van der Waals surface area (Å²) in [5.74, 6) is 15.5. The van der Waals surface area contributed by atoms with Crippen LogP contribution < -0.4 is 32.9 Å². The highest BCUT2D eigenvalue weighted by Crippen LogP contribution is 2.16. The molecule has 5 aromatic carbocycles. The van der Waals surface area contributed by atoms with Gasteiger partial charge in [0.1, 0.15) is 0 Å². The van der Waals surface area contributed by atoms with E-state index in [1.807, 2.05) is 121 Å². The molecule has 0 aromatic heterocycles. The molecule has 1 heterocycles. The minimum absolute atomic E-state index is 0.00750. The summed E-state index contributed by atoms with van der Waals surface area (Å²) >= 11 is 3.97. The highest BCUT2D eigenvalue weighted by atomic mass is 32.1. The van der Waals surface area contributed by atoms with E-state index in [1.165, 1.54) is 11.1 Å². The first-order valence-electron chi connectivity index (χ1n) is 29.4. The number of nitrogen functional groups attached to an aromatic ring is 1. The third-order valence-corrected chi connectivity index (χ3v) is 12.3. The maximum Gasteiger partial charge on any atom is 0.334 e. The van der Waals surface area contributed by atoms with Crippen LogP contribution in [0.15, 0.2) is 121 Å². The molecule has 0 spiro atoms. The third-order valence-electron chi connectivity index (χ3n) is 12.1. The lowest BCUT2D eigenvalue weighted by molar-refractivity contribution is -0.197. The van der Waals surface area contributed by atoms with E-state index in [0.717, 1.165) is 64.4 Å². The molecule has 92 heavy (non-hydrogen) atoms. The van der Waals surface area contributed by atoms with Gasteiger partial charge in [-0.25, -0.2) is 10.7 Å². The number of nitrogens with one attached hydrogen (secondary N) is 4. The van der Waals surface area contributed by atoms with E-state index < -0.39 is 17.8 Å². The summed E-state index contributed by atoms with van der Waals surface area (Å²) in [5, 5.41) is 28.9. The number of carbonyl (C=O) groups excluding carboxylic acids is 7. The number of amides is 6. The lowest BCUT2D eigenvalue weighted by Gasteiger charge is -2.11. The zero-order valence-electron chi connectivity index (χ0n) is 52.1. The fourth-order valence-electron chi connectivity index (χ4n) is 7.23. The highest BCUT2D eigenvalue weighted by molar-refractivity contribution is 7.80. The summed E-state index contributed by atoms with van der Waals surface area (Å²) in [7, 11) is 1.68. The van der Waals surface area contributed by atoms with Crippen LogP contribution in [-0.2, 0) is 84.8 Å². The van der Waals surface area contributed by atoms with Crippen molar-refractivity contribution in [3.05, 3.63) is 149 Å². The Labute approximate surface area is 547 Å². The summed E-state index contributed by atoms with van der Waals surface area (Å²) in [4.78, 5) is 87.5. The first-order chi connectivity index (χ1) is 44.5. The summed E-state index contributed by atoms with van der Waals surface area (Å²) in [6.45, 7) is 2.16. The molecule has 0 bridgehead atoms. The van der Waals surface area contributed by atoms with E-state index >= 15 is 0 Å². The van der Waals surface area contributed by atoms with Crippen molar-refractivity contribution in [2.45, 2.75) is 109 Å². The van der Waals surface area contributed by atoms with Crippen LogP contribution in [0.25, 0.3) is 0 Å². The zero-order chi connectivity index (χ0) is 68.0. The Morgan fingerprint density at radius 2 is 0.772 bits per heavy atom. The topological polar surface area (TPSA) is 300 Å². The molecule has 5 aromatic rings. The van der Waals surface area contributed by atoms with Crippen molar-refractivity contribution in [1.29, 1.82) is 0 Å². The summed E-state index contributed by atoms with van der Waals surface area (Å²) < 4.78 is 10.1. The van der Waals surface area contributed by atoms with Gasteiger partial charge in [0.05, 0.1) is 32.2 Å². The number of imide groups is 1. The Kier molecular flexibility index (Phi) is 45.5. The second kappa shape index (κ2) is 52.1. The highest BCUT2D eigenvalue weighted by Gasteiger charge is 2.32. The molecular weight excluding hydrogens is 1190 g/mol. The van der Waals surface area contributed by atoms with Gasteiger partial charge in [0.15, 0.2) is 0 Å². The molecule has 0 aliphatic carbocycles. The first kappa shape index (κ1) is 80.3. The van der Waals surface area contributed by atoms with E-state index in [1.54, 1.807) is 7.11 Å². The summed E-state index contributed by atoms with van der Waals surface area (Å²) in [6, 6.07) is 37.9. The molecule has 1 aliphatic rings. The number of nitrogens with zero attached hydrogens (tertiary/aromatic N) is 1. The smallest absolute Gasteiger partial charge is 0.334 e. The Balaban J connectivity index is 0.000000556. The molecule has 1 aliphatic heterocycles. The van der Waals surface area contributed by atoms with Crippen molar-refractivity contribution < 1.29 is 62.9 Å². The number of benzene rings is 5. The van der Waals surface area contributed by atoms with E-state index in [4.69, 9.17) is 63.4 Å². The van der Waals surface area contributed by atoms with Gasteiger partial charge in [-0.05, 0) is 121 Å². The SMILES string of the molecule is C#CCCC(=O)Nc1ccc(CCO)cc1.C#CCCC(=O)Nc1ccc(CCOC)cc1.C#CCCC(=O)Nc1ccc(CCOCS)cc1.C#CCCC(=O)Nc1ccc(CCON)cc1.C#CCCC(=O)ON1C(=O)CCC1=O.Nc1ccc(CCO)cc1. The minimum atomic E-state index is -0.661. The van der Waals surface area contributed by atoms with Gasteiger partial charge < -0.3 is 56.4 Å². The normalized spacial score (nSPS) is 10.5. The number of methoxy groups -OCH3 is 1. The molecular formula is C71H85N7O13S. The lowest BCUT2D eigenvalue weighted by Crippen LogP contribution is -2.31. The van der Waals surface area contributed by atoms with Crippen molar-refractivity contribution in [1.82, 2.24) is 5.06 Å². The van der Waals surface area contributed by atoms with Crippen LogP contribution in [0.2, 0.25) is 0 Å². The van der Waals surface area contributed by atoms with Crippen LogP contribution in [0, 0.1) is 61.7 Å². The van der Waals surface area contributed by atoms with Crippen molar-refractivity contribution in [2.75, 3.05) is 73.1 Å². The summed E-state index contributed by atoms with van der Waals surface area (Å²) in [5.41, 5.74) is 15.0. The molecule has 1 saturated heterocycles. The van der Waals surface area contributed by atoms with Crippen molar-refractivity contribution >= 4 is 82.5 Å². The molecule has 21 heteroatoms. The van der Waals surface area contributed by atoms with Crippen LogP contribution in [-0.4, -0.2) is 103 Å². The number of hydrogen-bond acceptors (Lipinski definition) is 16. The number of terminal acetylenes is 5. The zero-order valence-corrected chi connectivity index (χ0v) is 53.0. The number of carbonyl (C=O) groups is 7. The van der Waals surface area contributed by atoms with E-state index in [-0.39, 0.29) is 62.5 Å². The maximum absolute atomic E-state index is 11.4. The van der Waals surface area contributed by atoms with Gasteiger partial charge in [0.25, 0.3) is 11.8 Å². The van der Waals surface area contributed by atoms with Crippen LogP contribution in [0.3, 0.4) is 0 Å². The van der Waals surface area contributed by atoms with Gasteiger partial charge in [-0.3, -0.25) is 28.8 Å². The van der Waals surface area contributed by atoms with Crippen LogP contribution in [0.4, 0.5) is 28.4 Å². The predicted octanol–water partition coefficient (Wildman–Crippen LogP) is 8.57. The van der Waals surface area contributed by atoms with Gasteiger partial charge in [-0.15, -0.1) is 66.8 Å².